The van der Waals surface area contributed by atoms with E-state index in [9.17, 15) is 4.79 Å². The standard InChI is InChI=1S/C17H17BrN2O/c1-11-4-6-12(7-5-11)16(18)13-8-9-14-15(10-13)20(3)17(21)19(14)2/h4-10,16H,1-3H3. The van der Waals surface area contributed by atoms with Crippen molar-refractivity contribution in [3.63, 3.8) is 0 Å². The van der Waals surface area contributed by atoms with Gasteiger partial charge in [0.1, 0.15) is 0 Å². The third kappa shape index (κ3) is 2.33. The summed E-state index contributed by atoms with van der Waals surface area (Å²) in [7, 11) is 3.61. The molecule has 1 unspecified atom stereocenters. The molecular weight excluding hydrogens is 328 g/mol. The van der Waals surface area contributed by atoms with Gasteiger partial charge in [0.25, 0.3) is 0 Å². The Morgan fingerprint density at radius 2 is 1.48 bits per heavy atom. The second-order valence-corrected chi connectivity index (χ2v) is 6.34. The molecule has 3 nitrogen and oxygen atoms in total. The van der Waals surface area contributed by atoms with E-state index in [1.54, 1.807) is 16.2 Å². The minimum atomic E-state index is 0.00334. The number of alkyl halides is 1. The fraction of sp³-hybridized carbons (Fsp3) is 0.235. The maximum absolute atomic E-state index is 12.0. The molecule has 0 radical (unpaired) electrons. The van der Waals surface area contributed by atoms with Gasteiger partial charge in [0.05, 0.1) is 15.9 Å². The second kappa shape index (κ2) is 5.19. The van der Waals surface area contributed by atoms with E-state index in [0.29, 0.717) is 0 Å². The van der Waals surface area contributed by atoms with Crippen LogP contribution >= 0.6 is 15.9 Å². The molecule has 0 aliphatic heterocycles. The number of nitrogens with zero attached hydrogens (tertiary/aromatic N) is 2. The zero-order chi connectivity index (χ0) is 15.1. The number of imidazole rings is 1. The van der Waals surface area contributed by atoms with E-state index in [2.05, 4.69) is 59.3 Å². The average Bonchev–Trinajstić information content (AvgIpc) is 2.72. The number of aryl methyl sites for hydroxylation is 3. The summed E-state index contributed by atoms with van der Waals surface area (Å²) in [6.45, 7) is 2.08. The normalized spacial score (nSPS) is 12.8. The highest BCUT2D eigenvalue weighted by molar-refractivity contribution is 9.09. The second-order valence-electron chi connectivity index (χ2n) is 5.42. The van der Waals surface area contributed by atoms with E-state index < -0.39 is 0 Å². The fourth-order valence-electron chi connectivity index (χ4n) is 2.61. The van der Waals surface area contributed by atoms with Crippen molar-refractivity contribution in [2.24, 2.45) is 14.1 Å². The number of halogens is 1. The zero-order valence-corrected chi connectivity index (χ0v) is 13.9. The molecule has 1 aromatic heterocycles. The van der Waals surface area contributed by atoms with Crippen molar-refractivity contribution in [3.8, 4) is 0 Å². The Bertz CT molecular complexity index is 859. The minimum Gasteiger partial charge on any atom is -0.295 e. The van der Waals surface area contributed by atoms with Crippen LogP contribution in [0, 0.1) is 6.92 Å². The van der Waals surface area contributed by atoms with Crippen LogP contribution in [0.4, 0.5) is 0 Å². The molecule has 1 heterocycles. The van der Waals surface area contributed by atoms with Gasteiger partial charge in [0.15, 0.2) is 0 Å². The van der Waals surface area contributed by atoms with E-state index in [1.165, 1.54) is 11.1 Å². The lowest BCUT2D eigenvalue weighted by Gasteiger charge is -2.11. The lowest BCUT2D eigenvalue weighted by Crippen LogP contribution is -2.19. The van der Waals surface area contributed by atoms with Gasteiger partial charge in [-0.25, -0.2) is 4.79 Å². The first-order chi connectivity index (χ1) is 9.99. The van der Waals surface area contributed by atoms with Crippen LogP contribution < -0.4 is 5.69 Å². The summed E-state index contributed by atoms with van der Waals surface area (Å²) in [5, 5.41) is 0. The van der Waals surface area contributed by atoms with Crippen LogP contribution in [0.3, 0.4) is 0 Å². The molecule has 21 heavy (non-hydrogen) atoms. The summed E-state index contributed by atoms with van der Waals surface area (Å²) >= 11 is 3.76. The highest BCUT2D eigenvalue weighted by Crippen LogP contribution is 2.32. The lowest BCUT2D eigenvalue weighted by atomic mass is 10.0. The number of aromatic nitrogens is 2. The average molecular weight is 345 g/mol. The molecule has 108 valence electrons. The molecular formula is C17H17BrN2O. The van der Waals surface area contributed by atoms with Gasteiger partial charge in [-0.2, -0.15) is 0 Å². The molecule has 4 heteroatoms. The first kappa shape index (κ1) is 14.1. The summed E-state index contributed by atoms with van der Waals surface area (Å²) in [6, 6.07) is 14.6. The van der Waals surface area contributed by atoms with Crippen molar-refractivity contribution in [1.82, 2.24) is 9.13 Å². The molecule has 3 rings (SSSR count). The Kier molecular flexibility index (Phi) is 3.49. The molecule has 0 saturated heterocycles. The fourth-order valence-corrected chi connectivity index (χ4v) is 3.20. The predicted molar refractivity (Wildman–Crippen MR) is 90.1 cm³/mol. The Balaban J connectivity index is 2.10. The van der Waals surface area contributed by atoms with Gasteiger partial charge in [-0.05, 0) is 30.2 Å². The molecule has 1 atom stereocenters. The third-order valence-electron chi connectivity index (χ3n) is 3.96. The highest BCUT2D eigenvalue weighted by Gasteiger charge is 2.14. The van der Waals surface area contributed by atoms with Gasteiger partial charge in [-0.1, -0.05) is 51.8 Å². The van der Waals surface area contributed by atoms with Crippen molar-refractivity contribution in [2.75, 3.05) is 0 Å². The topological polar surface area (TPSA) is 26.9 Å². The molecule has 0 spiro atoms. The van der Waals surface area contributed by atoms with Gasteiger partial charge in [-0.3, -0.25) is 9.13 Å². The van der Waals surface area contributed by atoms with Gasteiger partial charge in [0, 0.05) is 14.1 Å². The summed E-state index contributed by atoms with van der Waals surface area (Å²) in [5.41, 5.74) is 5.52. The van der Waals surface area contributed by atoms with Crippen LogP contribution in [-0.2, 0) is 14.1 Å². The maximum Gasteiger partial charge on any atom is 0.328 e. The van der Waals surface area contributed by atoms with Crippen LogP contribution in [0.5, 0.6) is 0 Å². The molecule has 0 N–H and O–H groups in total. The number of hydrogen-bond donors (Lipinski definition) is 0. The molecule has 0 fully saturated rings. The Hall–Kier alpha value is -1.81. The number of fused-ring (bicyclic) bond motifs is 1. The Morgan fingerprint density at radius 3 is 2.14 bits per heavy atom. The highest BCUT2D eigenvalue weighted by atomic mass is 79.9. The van der Waals surface area contributed by atoms with Crippen LogP contribution in [-0.4, -0.2) is 9.13 Å². The summed E-state index contributed by atoms with van der Waals surface area (Å²) in [6.07, 6.45) is 0. The molecule has 0 saturated carbocycles. The maximum atomic E-state index is 12.0. The number of rotatable bonds is 2. The summed E-state index contributed by atoms with van der Waals surface area (Å²) < 4.78 is 3.36. The van der Waals surface area contributed by atoms with Gasteiger partial charge in [0.2, 0.25) is 0 Å². The monoisotopic (exact) mass is 344 g/mol. The Morgan fingerprint density at radius 1 is 0.905 bits per heavy atom. The Labute approximate surface area is 132 Å². The molecule has 3 aromatic rings. The molecule has 0 bridgehead atoms. The van der Waals surface area contributed by atoms with Crippen LogP contribution in [0.1, 0.15) is 21.5 Å². The van der Waals surface area contributed by atoms with E-state index in [0.717, 1.165) is 16.6 Å². The quantitative estimate of drug-likeness (QED) is 0.651. The first-order valence-electron chi connectivity index (χ1n) is 6.85. The third-order valence-corrected chi connectivity index (χ3v) is 5.02. The van der Waals surface area contributed by atoms with Gasteiger partial charge >= 0.3 is 5.69 Å². The van der Waals surface area contributed by atoms with E-state index >= 15 is 0 Å². The molecule has 0 aliphatic rings. The van der Waals surface area contributed by atoms with Crippen LogP contribution in [0.25, 0.3) is 11.0 Å². The van der Waals surface area contributed by atoms with E-state index in [-0.39, 0.29) is 10.5 Å². The SMILES string of the molecule is Cc1ccc(C(Br)c2ccc3c(c2)n(C)c(=O)n3C)cc1. The van der Waals surface area contributed by atoms with Crippen molar-refractivity contribution >= 4 is 27.0 Å². The number of hydrogen-bond acceptors (Lipinski definition) is 1. The van der Waals surface area contributed by atoms with Crippen molar-refractivity contribution < 1.29 is 0 Å². The minimum absolute atomic E-state index is 0.00334. The predicted octanol–water partition coefficient (Wildman–Crippen LogP) is 3.67. The van der Waals surface area contributed by atoms with Crippen molar-refractivity contribution in [3.05, 3.63) is 69.6 Å². The van der Waals surface area contributed by atoms with Gasteiger partial charge in [-0.15, -0.1) is 0 Å². The molecule has 2 aromatic carbocycles. The summed E-state index contributed by atoms with van der Waals surface area (Å²) in [5.74, 6) is 0. The first-order valence-corrected chi connectivity index (χ1v) is 7.76. The molecule has 0 aliphatic carbocycles. The van der Waals surface area contributed by atoms with Gasteiger partial charge < -0.3 is 0 Å². The molecule has 0 amide bonds. The van der Waals surface area contributed by atoms with Crippen LogP contribution in [0.15, 0.2) is 47.3 Å². The van der Waals surface area contributed by atoms with Crippen molar-refractivity contribution in [1.29, 1.82) is 0 Å². The van der Waals surface area contributed by atoms with E-state index in [1.807, 2.05) is 13.1 Å². The lowest BCUT2D eigenvalue weighted by molar-refractivity contribution is 0.795. The summed E-state index contributed by atoms with van der Waals surface area (Å²) in [4.78, 5) is 12.1. The number of benzene rings is 2. The van der Waals surface area contributed by atoms with Crippen LogP contribution in [0.2, 0.25) is 0 Å². The largest absolute Gasteiger partial charge is 0.328 e. The zero-order valence-electron chi connectivity index (χ0n) is 12.3. The van der Waals surface area contributed by atoms with E-state index in [4.69, 9.17) is 0 Å². The van der Waals surface area contributed by atoms with Crippen molar-refractivity contribution in [2.45, 2.75) is 11.8 Å². The smallest absolute Gasteiger partial charge is 0.295 e.